The van der Waals surface area contributed by atoms with Gasteiger partial charge in [0.25, 0.3) is 11.8 Å². The fraction of sp³-hybridized carbons (Fsp3) is 0.115. The first kappa shape index (κ1) is 24.8. The summed E-state index contributed by atoms with van der Waals surface area (Å²) in [5.41, 5.74) is 0.801. The molecular weight excluding hydrogens is 453 g/mol. The standard InChI is InChI=1S/C26H22FN3O5/c1-2-34-24-14-17(13-18(15-28)26(33)29-19-8-10-20(31)11-9-19)7-12-23(24)35-16-25(32)30-22-6-4-3-5-21(22)27/h3-14,31H,2,16H2,1H3,(H,29,33)(H,30,32)/b18-13+. The molecule has 0 aliphatic heterocycles. The number of phenolic OH excluding ortho intramolecular Hbond substituents is 1. The fourth-order valence-corrected chi connectivity index (χ4v) is 2.95. The van der Waals surface area contributed by atoms with E-state index in [0.717, 1.165) is 0 Å². The van der Waals surface area contributed by atoms with Crippen LogP contribution >= 0.6 is 0 Å². The molecule has 0 saturated heterocycles. The number of rotatable bonds is 9. The Labute approximate surface area is 201 Å². The van der Waals surface area contributed by atoms with Crippen molar-refractivity contribution in [2.45, 2.75) is 6.92 Å². The predicted molar refractivity (Wildman–Crippen MR) is 128 cm³/mol. The summed E-state index contributed by atoms with van der Waals surface area (Å²) in [6.07, 6.45) is 1.38. The van der Waals surface area contributed by atoms with Crippen molar-refractivity contribution < 1.29 is 28.6 Å². The lowest BCUT2D eigenvalue weighted by molar-refractivity contribution is -0.118. The van der Waals surface area contributed by atoms with Crippen LogP contribution in [-0.2, 0) is 9.59 Å². The highest BCUT2D eigenvalue weighted by Crippen LogP contribution is 2.29. The summed E-state index contributed by atoms with van der Waals surface area (Å²) in [4.78, 5) is 24.6. The largest absolute Gasteiger partial charge is 0.508 e. The first-order valence-electron chi connectivity index (χ1n) is 10.6. The van der Waals surface area contributed by atoms with Crippen LogP contribution in [0.2, 0.25) is 0 Å². The second-order valence-corrected chi connectivity index (χ2v) is 7.13. The molecule has 0 bridgehead atoms. The average molecular weight is 475 g/mol. The van der Waals surface area contributed by atoms with Gasteiger partial charge < -0.3 is 25.2 Å². The Kier molecular flexibility index (Phi) is 8.40. The second kappa shape index (κ2) is 11.9. The number of phenols is 1. The van der Waals surface area contributed by atoms with Gasteiger partial charge in [0.1, 0.15) is 23.2 Å². The Morgan fingerprint density at radius 2 is 1.77 bits per heavy atom. The summed E-state index contributed by atoms with van der Waals surface area (Å²) in [6.45, 7) is 1.68. The van der Waals surface area contributed by atoms with Crippen LogP contribution in [0.5, 0.6) is 17.2 Å². The summed E-state index contributed by atoms with van der Waals surface area (Å²) < 4.78 is 24.8. The van der Waals surface area contributed by atoms with Crippen LogP contribution in [-0.4, -0.2) is 30.1 Å². The van der Waals surface area contributed by atoms with Crippen molar-refractivity contribution in [3.63, 3.8) is 0 Å². The number of amides is 2. The van der Waals surface area contributed by atoms with E-state index in [4.69, 9.17) is 9.47 Å². The topological polar surface area (TPSA) is 121 Å². The number of carbonyl (C=O) groups is 2. The van der Waals surface area contributed by atoms with Crippen LogP contribution in [0.4, 0.5) is 15.8 Å². The Bertz CT molecular complexity index is 1280. The number of ether oxygens (including phenoxy) is 2. The number of hydrogen-bond donors (Lipinski definition) is 3. The van der Waals surface area contributed by atoms with Gasteiger partial charge in [0, 0.05) is 5.69 Å². The summed E-state index contributed by atoms with van der Waals surface area (Å²) in [7, 11) is 0. The van der Waals surface area contributed by atoms with E-state index in [1.165, 1.54) is 48.5 Å². The predicted octanol–water partition coefficient (Wildman–Crippen LogP) is 4.49. The quantitative estimate of drug-likeness (QED) is 0.238. The van der Waals surface area contributed by atoms with Gasteiger partial charge in [-0.15, -0.1) is 0 Å². The maximum absolute atomic E-state index is 13.7. The Morgan fingerprint density at radius 3 is 2.46 bits per heavy atom. The van der Waals surface area contributed by atoms with Gasteiger partial charge in [0.2, 0.25) is 0 Å². The van der Waals surface area contributed by atoms with Gasteiger partial charge >= 0.3 is 0 Å². The molecule has 0 unspecified atom stereocenters. The van der Waals surface area contributed by atoms with E-state index < -0.39 is 17.6 Å². The van der Waals surface area contributed by atoms with Crippen LogP contribution in [0.15, 0.2) is 72.3 Å². The zero-order valence-corrected chi connectivity index (χ0v) is 18.7. The van der Waals surface area contributed by atoms with Crippen LogP contribution in [0.3, 0.4) is 0 Å². The minimum atomic E-state index is -0.624. The Balaban J connectivity index is 1.71. The van der Waals surface area contributed by atoms with Crippen molar-refractivity contribution in [2.24, 2.45) is 0 Å². The molecule has 0 aromatic heterocycles. The number of anilines is 2. The number of nitrogens with zero attached hydrogens (tertiary/aromatic N) is 1. The number of nitrogens with one attached hydrogen (secondary N) is 2. The smallest absolute Gasteiger partial charge is 0.266 e. The van der Waals surface area contributed by atoms with Gasteiger partial charge in [-0.1, -0.05) is 18.2 Å². The third-order valence-electron chi connectivity index (χ3n) is 4.58. The van der Waals surface area contributed by atoms with Crippen molar-refractivity contribution in [3.8, 4) is 23.3 Å². The SMILES string of the molecule is CCOc1cc(/C=C(\C#N)C(=O)Nc2ccc(O)cc2)ccc1OCC(=O)Nc1ccccc1F. The number of aromatic hydroxyl groups is 1. The van der Waals surface area contributed by atoms with E-state index in [1.54, 1.807) is 31.2 Å². The minimum absolute atomic E-state index is 0.0428. The third-order valence-corrected chi connectivity index (χ3v) is 4.58. The third kappa shape index (κ3) is 7.07. The summed E-state index contributed by atoms with van der Waals surface area (Å²) >= 11 is 0. The average Bonchev–Trinajstić information content (AvgIpc) is 2.85. The van der Waals surface area contributed by atoms with E-state index in [9.17, 15) is 24.3 Å². The molecule has 0 spiro atoms. The molecule has 3 aromatic carbocycles. The van der Waals surface area contributed by atoms with Gasteiger partial charge in [-0.05, 0) is 67.1 Å². The molecule has 0 heterocycles. The molecule has 2 amide bonds. The van der Waals surface area contributed by atoms with E-state index in [0.29, 0.717) is 23.6 Å². The number of para-hydroxylation sites is 1. The molecule has 0 atom stereocenters. The highest BCUT2D eigenvalue weighted by atomic mass is 19.1. The lowest BCUT2D eigenvalue weighted by Crippen LogP contribution is -2.21. The summed E-state index contributed by atoms with van der Waals surface area (Å²) in [5, 5.41) is 23.8. The van der Waals surface area contributed by atoms with Gasteiger partial charge in [-0.2, -0.15) is 5.26 Å². The fourth-order valence-electron chi connectivity index (χ4n) is 2.95. The van der Waals surface area contributed by atoms with Crippen molar-refractivity contribution >= 4 is 29.3 Å². The molecule has 8 nitrogen and oxygen atoms in total. The van der Waals surface area contributed by atoms with Gasteiger partial charge in [0.15, 0.2) is 18.1 Å². The first-order valence-corrected chi connectivity index (χ1v) is 10.6. The van der Waals surface area contributed by atoms with Crippen LogP contribution in [0.1, 0.15) is 12.5 Å². The van der Waals surface area contributed by atoms with Crippen molar-refractivity contribution in [3.05, 3.63) is 83.7 Å². The first-order chi connectivity index (χ1) is 16.9. The maximum Gasteiger partial charge on any atom is 0.266 e. The normalized spacial score (nSPS) is 10.7. The highest BCUT2D eigenvalue weighted by Gasteiger charge is 2.13. The molecule has 0 saturated carbocycles. The lowest BCUT2D eigenvalue weighted by atomic mass is 10.1. The number of hydrogen-bond acceptors (Lipinski definition) is 6. The van der Waals surface area contributed by atoms with Crippen LogP contribution in [0.25, 0.3) is 6.08 Å². The molecule has 0 aliphatic rings. The number of nitriles is 1. The van der Waals surface area contributed by atoms with Crippen LogP contribution < -0.4 is 20.1 Å². The molecule has 178 valence electrons. The van der Waals surface area contributed by atoms with Crippen molar-refractivity contribution in [1.82, 2.24) is 0 Å². The molecule has 0 fully saturated rings. The zero-order valence-electron chi connectivity index (χ0n) is 18.7. The zero-order chi connectivity index (χ0) is 25.2. The van der Waals surface area contributed by atoms with Gasteiger partial charge in [-0.25, -0.2) is 4.39 Å². The maximum atomic E-state index is 13.7. The molecule has 0 radical (unpaired) electrons. The lowest BCUT2D eigenvalue weighted by Gasteiger charge is -2.13. The highest BCUT2D eigenvalue weighted by molar-refractivity contribution is 6.09. The molecule has 3 rings (SSSR count). The van der Waals surface area contributed by atoms with E-state index >= 15 is 0 Å². The van der Waals surface area contributed by atoms with E-state index in [-0.39, 0.29) is 29.4 Å². The number of halogens is 1. The van der Waals surface area contributed by atoms with Crippen LogP contribution in [0, 0.1) is 17.1 Å². The molecule has 3 N–H and O–H groups in total. The molecular formula is C26H22FN3O5. The summed E-state index contributed by atoms with van der Waals surface area (Å²) in [5.74, 6) is -1.12. The monoisotopic (exact) mass is 475 g/mol. The van der Waals surface area contributed by atoms with E-state index in [1.807, 2.05) is 6.07 Å². The van der Waals surface area contributed by atoms with Gasteiger partial charge in [0.05, 0.1) is 12.3 Å². The second-order valence-electron chi connectivity index (χ2n) is 7.13. The Morgan fingerprint density at radius 1 is 1.03 bits per heavy atom. The summed E-state index contributed by atoms with van der Waals surface area (Å²) in [6, 6.07) is 18.2. The van der Waals surface area contributed by atoms with E-state index in [2.05, 4.69) is 10.6 Å². The molecule has 9 heteroatoms. The minimum Gasteiger partial charge on any atom is -0.508 e. The van der Waals surface area contributed by atoms with Gasteiger partial charge in [-0.3, -0.25) is 9.59 Å². The Hall–Kier alpha value is -4.84. The number of carbonyl (C=O) groups excluding carboxylic acids is 2. The molecule has 35 heavy (non-hydrogen) atoms. The van der Waals surface area contributed by atoms with Crippen molar-refractivity contribution in [1.29, 1.82) is 5.26 Å². The molecule has 0 aliphatic carbocycles. The van der Waals surface area contributed by atoms with Crippen molar-refractivity contribution in [2.75, 3.05) is 23.8 Å². The molecule has 3 aromatic rings. The number of benzene rings is 3.